The molecule has 238 valence electrons. The van der Waals surface area contributed by atoms with Crippen LogP contribution in [-0.4, -0.2) is 14.7 Å². The molecule has 6 aromatic carbocycles. The third-order valence-electron chi connectivity index (χ3n) is 8.72. The minimum Gasteiger partial charge on any atom is -0.456 e. The first-order valence-electron chi connectivity index (χ1n) is 15.6. The second-order valence-corrected chi connectivity index (χ2v) is 12.4. The predicted octanol–water partition coefficient (Wildman–Crippen LogP) is 9.98. The Bertz CT molecular complexity index is 2150. The SMILES string of the molecule is N#Cc1ccc(C(O)(c2ccc(Cl)cc2)c2cn(C(c3ccccc3)(c3ccccc3)c3ccccc3)cn2)cc1Oc1cccc(Cl)c1. The topological polar surface area (TPSA) is 71.1 Å². The molecule has 5 nitrogen and oxygen atoms in total. The summed E-state index contributed by atoms with van der Waals surface area (Å²) in [5.74, 6) is 0.722. The quantitative estimate of drug-likeness (QED) is 0.154. The number of hydrogen-bond donors (Lipinski definition) is 1. The molecule has 1 unspecified atom stereocenters. The van der Waals surface area contributed by atoms with E-state index >= 15 is 0 Å². The van der Waals surface area contributed by atoms with E-state index in [1.165, 1.54) is 0 Å². The Morgan fingerprint density at radius 3 is 1.73 bits per heavy atom. The van der Waals surface area contributed by atoms with Crippen LogP contribution in [0.5, 0.6) is 11.5 Å². The van der Waals surface area contributed by atoms with Gasteiger partial charge >= 0.3 is 0 Å². The number of nitriles is 1. The standard InChI is InChI=1S/C42H29Cl2N3O2/c43-36-23-21-34(22-24-36)42(48,35-20-19-30(27-45)39(25-35)49-38-18-10-17-37(44)26-38)40-28-47(29-46-40)41(31-11-4-1-5-12-31,32-13-6-2-7-14-32)33-15-8-3-9-16-33/h1-26,28-29,48H. The summed E-state index contributed by atoms with van der Waals surface area (Å²) >= 11 is 12.5. The van der Waals surface area contributed by atoms with Crippen LogP contribution in [0.15, 0.2) is 170 Å². The minimum absolute atomic E-state index is 0.265. The highest BCUT2D eigenvalue weighted by molar-refractivity contribution is 6.30. The average molecular weight is 679 g/mol. The zero-order valence-corrected chi connectivity index (χ0v) is 27.6. The normalized spacial score (nSPS) is 12.5. The molecule has 7 rings (SSSR count). The van der Waals surface area contributed by atoms with Crippen molar-refractivity contribution in [2.24, 2.45) is 0 Å². The van der Waals surface area contributed by atoms with Gasteiger partial charge in [0.05, 0.1) is 17.6 Å². The number of benzene rings is 6. The second kappa shape index (κ2) is 13.5. The van der Waals surface area contributed by atoms with Crippen molar-refractivity contribution in [3.05, 3.63) is 219 Å². The molecule has 1 aromatic heterocycles. The first-order chi connectivity index (χ1) is 23.9. The Labute approximate surface area is 294 Å². The van der Waals surface area contributed by atoms with Gasteiger partial charge in [0.1, 0.15) is 23.1 Å². The van der Waals surface area contributed by atoms with Crippen LogP contribution in [0.3, 0.4) is 0 Å². The fraction of sp³-hybridized carbons (Fsp3) is 0.0476. The highest BCUT2D eigenvalue weighted by Crippen LogP contribution is 2.44. The first kappa shape index (κ1) is 31.9. The van der Waals surface area contributed by atoms with Crippen molar-refractivity contribution >= 4 is 23.2 Å². The molecular weight excluding hydrogens is 649 g/mol. The van der Waals surface area contributed by atoms with Gasteiger partial charge < -0.3 is 14.4 Å². The van der Waals surface area contributed by atoms with Crippen molar-refractivity contribution in [2.75, 3.05) is 0 Å². The average Bonchev–Trinajstić information content (AvgIpc) is 3.64. The van der Waals surface area contributed by atoms with Gasteiger partial charge in [-0.2, -0.15) is 5.26 Å². The number of aromatic nitrogens is 2. The molecule has 0 aliphatic rings. The maximum Gasteiger partial charge on any atom is 0.158 e. The van der Waals surface area contributed by atoms with Crippen LogP contribution in [0.4, 0.5) is 0 Å². The fourth-order valence-electron chi connectivity index (χ4n) is 6.41. The van der Waals surface area contributed by atoms with Crippen molar-refractivity contribution in [2.45, 2.75) is 11.1 Å². The zero-order valence-electron chi connectivity index (χ0n) is 26.1. The molecule has 0 aliphatic heterocycles. The molecule has 0 spiro atoms. The van der Waals surface area contributed by atoms with Crippen LogP contribution in [0.25, 0.3) is 0 Å². The number of ether oxygens (including phenoxy) is 1. The predicted molar refractivity (Wildman–Crippen MR) is 193 cm³/mol. The Morgan fingerprint density at radius 1 is 0.612 bits per heavy atom. The van der Waals surface area contributed by atoms with Gasteiger partial charge in [0.2, 0.25) is 0 Å². The Morgan fingerprint density at radius 2 is 1.18 bits per heavy atom. The maximum absolute atomic E-state index is 13.0. The number of rotatable bonds is 9. The number of hydrogen-bond acceptors (Lipinski definition) is 4. The van der Waals surface area contributed by atoms with E-state index in [4.69, 9.17) is 32.9 Å². The van der Waals surface area contributed by atoms with E-state index in [1.807, 2.05) is 60.8 Å². The van der Waals surface area contributed by atoms with E-state index in [0.717, 1.165) is 16.7 Å². The van der Waals surface area contributed by atoms with Gasteiger partial charge in [0, 0.05) is 16.2 Å². The molecule has 0 bridgehead atoms. The summed E-state index contributed by atoms with van der Waals surface area (Å²) < 4.78 is 8.23. The van der Waals surface area contributed by atoms with Crippen LogP contribution in [0.1, 0.15) is 39.1 Å². The smallest absolute Gasteiger partial charge is 0.158 e. The van der Waals surface area contributed by atoms with Gasteiger partial charge in [-0.05, 0) is 70.3 Å². The van der Waals surface area contributed by atoms with Crippen molar-refractivity contribution < 1.29 is 9.84 Å². The van der Waals surface area contributed by atoms with E-state index in [9.17, 15) is 10.4 Å². The lowest BCUT2D eigenvalue weighted by atomic mass is 9.76. The highest BCUT2D eigenvalue weighted by Gasteiger charge is 2.42. The molecule has 49 heavy (non-hydrogen) atoms. The summed E-state index contributed by atoms with van der Waals surface area (Å²) in [6, 6.07) is 51.9. The molecule has 0 aliphatic carbocycles. The van der Waals surface area contributed by atoms with Gasteiger partial charge in [-0.25, -0.2) is 4.98 Å². The summed E-state index contributed by atoms with van der Waals surface area (Å²) in [7, 11) is 0. The summed E-state index contributed by atoms with van der Waals surface area (Å²) in [5, 5.41) is 24.0. The van der Waals surface area contributed by atoms with Crippen LogP contribution < -0.4 is 4.74 Å². The minimum atomic E-state index is -1.79. The van der Waals surface area contributed by atoms with Gasteiger partial charge in [-0.15, -0.1) is 0 Å². The van der Waals surface area contributed by atoms with Crippen LogP contribution in [0.2, 0.25) is 10.0 Å². The Balaban J connectivity index is 1.46. The molecule has 7 heteroatoms. The van der Waals surface area contributed by atoms with Crippen molar-refractivity contribution in [3.63, 3.8) is 0 Å². The summed E-state index contributed by atoms with van der Waals surface area (Å²) in [6.45, 7) is 0. The van der Waals surface area contributed by atoms with Crippen LogP contribution in [0, 0.1) is 11.3 Å². The Hall–Kier alpha value is -5.64. The molecule has 0 saturated carbocycles. The lowest BCUT2D eigenvalue weighted by Crippen LogP contribution is -2.37. The van der Waals surface area contributed by atoms with E-state index < -0.39 is 11.1 Å². The number of nitrogens with zero attached hydrogens (tertiary/aromatic N) is 3. The number of aliphatic hydroxyl groups is 1. The molecule has 1 N–H and O–H groups in total. The maximum atomic E-state index is 13.0. The monoisotopic (exact) mass is 677 g/mol. The molecule has 0 amide bonds. The Kier molecular flexibility index (Phi) is 8.78. The fourth-order valence-corrected chi connectivity index (χ4v) is 6.72. The van der Waals surface area contributed by atoms with Crippen LogP contribution >= 0.6 is 23.2 Å². The second-order valence-electron chi connectivity index (χ2n) is 11.6. The van der Waals surface area contributed by atoms with Crippen LogP contribution in [-0.2, 0) is 11.1 Å². The number of halogens is 2. The lowest BCUT2D eigenvalue weighted by molar-refractivity contribution is 0.121. The highest BCUT2D eigenvalue weighted by atomic mass is 35.5. The molecule has 1 heterocycles. The third-order valence-corrected chi connectivity index (χ3v) is 9.21. The third kappa shape index (κ3) is 5.88. The van der Waals surface area contributed by atoms with Gasteiger partial charge in [-0.1, -0.05) is 138 Å². The molecule has 7 aromatic rings. The van der Waals surface area contributed by atoms with E-state index in [1.54, 1.807) is 73.1 Å². The van der Waals surface area contributed by atoms with Gasteiger partial charge in [0.15, 0.2) is 5.60 Å². The lowest BCUT2D eigenvalue weighted by Gasteiger charge is -2.37. The van der Waals surface area contributed by atoms with Crippen molar-refractivity contribution in [3.8, 4) is 17.6 Å². The zero-order chi connectivity index (χ0) is 33.8. The molecule has 0 fully saturated rings. The number of imidazole rings is 1. The van der Waals surface area contributed by atoms with E-state index in [0.29, 0.717) is 38.2 Å². The van der Waals surface area contributed by atoms with Gasteiger partial charge in [0.25, 0.3) is 0 Å². The summed E-state index contributed by atoms with van der Waals surface area (Å²) in [6.07, 6.45) is 3.65. The van der Waals surface area contributed by atoms with Crippen molar-refractivity contribution in [1.82, 2.24) is 9.55 Å². The molecule has 0 radical (unpaired) electrons. The largest absolute Gasteiger partial charge is 0.456 e. The van der Waals surface area contributed by atoms with E-state index in [2.05, 4.69) is 47.0 Å². The van der Waals surface area contributed by atoms with Crippen molar-refractivity contribution in [1.29, 1.82) is 5.26 Å². The van der Waals surface area contributed by atoms with Gasteiger partial charge in [-0.3, -0.25) is 0 Å². The van der Waals surface area contributed by atoms with E-state index in [-0.39, 0.29) is 5.75 Å². The summed E-state index contributed by atoms with van der Waals surface area (Å²) in [4.78, 5) is 4.93. The molecule has 0 saturated heterocycles. The first-order valence-corrected chi connectivity index (χ1v) is 16.4. The molecular formula is C42H29Cl2N3O2. The summed E-state index contributed by atoms with van der Waals surface area (Å²) in [5.41, 5.74) is 2.05. The molecule has 1 atom stereocenters.